The van der Waals surface area contributed by atoms with Gasteiger partial charge in [0.15, 0.2) is 0 Å². The SMILES string of the molecule is CCCn1nc(C(=O)N(CC)c2ccccc2)ccc1=O. The molecule has 0 radical (unpaired) electrons. The third-order valence-electron chi connectivity index (χ3n) is 3.15. The summed E-state index contributed by atoms with van der Waals surface area (Å²) >= 11 is 0. The van der Waals surface area contributed by atoms with Crippen molar-refractivity contribution in [3.63, 3.8) is 0 Å². The normalized spacial score (nSPS) is 10.4. The van der Waals surface area contributed by atoms with E-state index in [1.54, 1.807) is 4.90 Å². The van der Waals surface area contributed by atoms with Crippen molar-refractivity contribution >= 4 is 11.6 Å². The summed E-state index contributed by atoms with van der Waals surface area (Å²) in [5, 5.41) is 4.17. The number of aryl methyl sites for hydroxylation is 1. The Kier molecular flexibility index (Phi) is 4.87. The van der Waals surface area contributed by atoms with Crippen LogP contribution in [0.4, 0.5) is 5.69 Å². The molecule has 0 spiro atoms. The zero-order valence-electron chi connectivity index (χ0n) is 12.3. The summed E-state index contributed by atoms with van der Waals surface area (Å²) < 4.78 is 1.34. The Balaban J connectivity index is 2.34. The van der Waals surface area contributed by atoms with E-state index in [-0.39, 0.29) is 17.2 Å². The quantitative estimate of drug-likeness (QED) is 0.847. The van der Waals surface area contributed by atoms with Crippen molar-refractivity contribution in [3.8, 4) is 0 Å². The van der Waals surface area contributed by atoms with Crippen molar-refractivity contribution in [2.45, 2.75) is 26.8 Å². The summed E-state index contributed by atoms with van der Waals surface area (Å²) in [7, 11) is 0. The van der Waals surface area contributed by atoms with Gasteiger partial charge in [0.05, 0.1) is 0 Å². The van der Waals surface area contributed by atoms with Gasteiger partial charge in [0.1, 0.15) is 5.69 Å². The molecule has 2 aromatic rings. The molecule has 0 saturated heterocycles. The molecule has 110 valence electrons. The molecule has 0 fully saturated rings. The number of para-hydroxylation sites is 1. The van der Waals surface area contributed by atoms with E-state index in [4.69, 9.17) is 0 Å². The van der Waals surface area contributed by atoms with Crippen LogP contribution in [0.2, 0.25) is 0 Å². The van der Waals surface area contributed by atoms with Gasteiger partial charge in [-0.1, -0.05) is 25.1 Å². The highest BCUT2D eigenvalue weighted by atomic mass is 16.2. The van der Waals surface area contributed by atoms with Crippen LogP contribution in [0.5, 0.6) is 0 Å². The van der Waals surface area contributed by atoms with Crippen LogP contribution < -0.4 is 10.5 Å². The highest BCUT2D eigenvalue weighted by Crippen LogP contribution is 2.15. The fourth-order valence-corrected chi connectivity index (χ4v) is 2.12. The average Bonchev–Trinajstić information content (AvgIpc) is 2.51. The molecule has 0 unspecified atom stereocenters. The largest absolute Gasteiger partial charge is 0.307 e. The number of carbonyl (C=O) groups excluding carboxylic acids is 1. The van der Waals surface area contributed by atoms with Gasteiger partial charge in [-0.25, -0.2) is 4.68 Å². The smallest absolute Gasteiger partial charge is 0.278 e. The molecule has 0 saturated carbocycles. The van der Waals surface area contributed by atoms with Crippen LogP contribution in [0.25, 0.3) is 0 Å². The first kappa shape index (κ1) is 15.0. The third-order valence-corrected chi connectivity index (χ3v) is 3.15. The van der Waals surface area contributed by atoms with E-state index in [0.29, 0.717) is 13.1 Å². The molecule has 0 aliphatic carbocycles. The van der Waals surface area contributed by atoms with Gasteiger partial charge in [-0.15, -0.1) is 0 Å². The number of anilines is 1. The summed E-state index contributed by atoms with van der Waals surface area (Å²) in [6, 6.07) is 12.3. The van der Waals surface area contributed by atoms with Crippen molar-refractivity contribution in [2.24, 2.45) is 0 Å². The molecular weight excluding hydrogens is 266 g/mol. The van der Waals surface area contributed by atoms with Crippen LogP contribution >= 0.6 is 0 Å². The molecule has 0 N–H and O–H groups in total. The Morgan fingerprint density at radius 1 is 1.14 bits per heavy atom. The maximum absolute atomic E-state index is 12.6. The van der Waals surface area contributed by atoms with Crippen LogP contribution in [0, 0.1) is 0 Å². The standard InChI is InChI=1S/C16H19N3O2/c1-3-12-19-15(20)11-10-14(17-19)16(21)18(4-2)13-8-6-5-7-9-13/h5-11H,3-4,12H2,1-2H3. The summed E-state index contributed by atoms with van der Waals surface area (Å²) in [6.07, 6.45) is 0.792. The molecule has 1 aromatic heterocycles. The molecule has 0 bridgehead atoms. The molecule has 0 aliphatic rings. The third kappa shape index (κ3) is 3.37. The van der Waals surface area contributed by atoms with Gasteiger partial charge >= 0.3 is 0 Å². The lowest BCUT2D eigenvalue weighted by atomic mass is 10.2. The minimum atomic E-state index is -0.200. The van der Waals surface area contributed by atoms with Gasteiger partial charge in [0, 0.05) is 24.8 Å². The highest BCUT2D eigenvalue weighted by Gasteiger charge is 2.18. The summed E-state index contributed by atoms with van der Waals surface area (Å²) in [5.74, 6) is -0.200. The monoisotopic (exact) mass is 285 g/mol. The summed E-state index contributed by atoms with van der Waals surface area (Å²) in [4.78, 5) is 25.9. The Morgan fingerprint density at radius 3 is 2.48 bits per heavy atom. The Morgan fingerprint density at radius 2 is 1.86 bits per heavy atom. The number of amides is 1. The van der Waals surface area contributed by atoms with Crippen molar-refractivity contribution in [1.29, 1.82) is 0 Å². The number of carbonyl (C=O) groups is 1. The highest BCUT2D eigenvalue weighted by molar-refractivity contribution is 6.04. The number of benzene rings is 1. The van der Waals surface area contributed by atoms with Crippen LogP contribution in [0.1, 0.15) is 30.8 Å². The molecule has 1 heterocycles. The molecule has 5 nitrogen and oxygen atoms in total. The number of rotatable bonds is 5. The Labute approximate surface area is 123 Å². The predicted molar refractivity (Wildman–Crippen MR) is 82.6 cm³/mol. The zero-order valence-corrected chi connectivity index (χ0v) is 12.3. The number of aromatic nitrogens is 2. The van der Waals surface area contributed by atoms with Crippen molar-refractivity contribution in [3.05, 3.63) is 58.5 Å². The lowest BCUT2D eigenvalue weighted by Gasteiger charge is -2.20. The number of nitrogens with zero attached hydrogens (tertiary/aromatic N) is 3. The Hall–Kier alpha value is -2.43. The van der Waals surface area contributed by atoms with Gasteiger partial charge in [0.25, 0.3) is 11.5 Å². The summed E-state index contributed by atoms with van der Waals surface area (Å²) in [5.41, 5.74) is 0.921. The van der Waals surface area contributed by atoms with Crippen molar-refractivity contribution in [2.75, 3.05) is 11.4 Å². The zero-order chi connectivity index (χ0) is 15.2. The van der Waals surface area contributed by atoms with Crippen molar-refractivity contribution < 1.29 is 4.79 Å². The Bertz CT molecular complexity index is 665. The molecule has 0 atom stereocenters. The first-order valence-corrected chi connectivity index (χ1v) is 7.12. The minimum absolute atomic E-state index is 0.184. The second-order valence-electron chi connectivity index (χ2n) is 4.66. The molecular formula is C16H19N3O2. The predicted octanol–water partition coefficient (Wildman–Crippen LogP) is 2.32. The fraction of sp³-hybridized carbons (Fsp3) is 0.312. The van der Waals surface area contributed by atoms with E-state index in [9.17, 15) is 9.59 Å². The van der Waals surface area contributed by atoms with E-state index in [2.05, 4.69) is 5.10 Å². The lowest BCUT2D eigenvalue weighted by molar-refractivity contribution is 0.0981. The van der Waals surface area contributed by atoms with Crippen molar-refractivity contribution in [1.82, 2.24) is 9.78 Å². The van der Waals surface area contributed by atoms with E-state index in [1.165, 1.54) is 16.8 Å². The van der Waals surface area contributed by atoms with Gasteiger partial charge in [-0.05, 0) is 31.5 Å². The van der Waals surface area contributed by atoms with Crippen LogP contribution in [0.3, 0.4) is 0 Å². The van der Waals surface area contributed by atoms with E-state index in [1.807, 2.05) is 44.2 Å². The molecule has 1 aromatic carbocycles. The second-order valence-corrected chi connectivity index (χ2v) is 4.66. The maximum atomic E-state index is 12.6. The molecule has 5 heteroatoms. The molecule has 0 aliphatic heterocycles. The average molecular weight is 285 g/mol. The number of hydrogen-bond acceptors (Lipinski definition) is 3. The topological polar surface area (TPSA) is 55.2 Å². The second kappa shape index (κ2) is 6.83. The first-order valence-electron chi connectivity index (χ1n) is 7.12. The van der Waals surface area contributed by atoms with Gasteiger partial charge in [0.2, 0.25) is 0 Å². The van der Waals surface area contributed by atoms with E-state index >= 15 is 0 Å². The number of hydrogen-bond donors (Lipinski definition) is 0. The summed E-state index contributed by atoms with van der Waals surface area (Å²) in [6.45, 7) is 4.92. The molecule has 21 heavy (non-hydrogen) atoms. The minimum Gasteiger partial charge on any atom is -0.307 e. The lowest BCUT2D eigenvalue weighted by Crippen LogP contribution is -2.33. The van der Waals surface area contributed by atoms with Gasteiger partial charge in [-0.3, -0.25) is 9.59 Å². The van der Waals surface area contributed by atoms with Gasteiger partial charge in [-0.2, -0.15) is 5.10 Å². The fourth-order valence-electron chi connectivity index (χ4n) is 2.12. The van der Waals surface area contributed by atoms with E-state index < -0.39 is 0 Å². The van der Waals surface area contributed by atoms with Gasteiger partial charge < -0.3 is 4.90 Å². The van der Waals surface area contributed by atoms with Crippen LogP contribution in [0.15, 0.2) is 47.3 Å². The van der Waals surface area contributed by atoms with E-state index in [0.717, 1.165) is 12.1 Å². The maximum Gasteiger partial charge on any atom is 0.278 e. The van der Waals surface area contributed by atoms with Crippen LogP contribution in [-0.4, -0.2) is 22.2 Å². The molecule has 1 amide bonds. The van der Waals surface area contributed by atoms with Crippen LogP contribution in [-0.2, 0) is 6.54 Å². The molecule has 2 rings (SSSR count). The first-order chi connectivity index (χ1) is 10.2.